The van der Waals surface area contributed by atoms with E-state index in [1.54, 1.807) is 6.92 Å². The molecule has 5 rings (SSSR count). The Morgan fingerprint density at radius 3 is 2.62 bits per heavy atom. The first-order valence-electron chi connectivity index (χ1n) is 11.1. The predicted molar refractivity (Wildman–Crippen MR) is 125 cm³/mol. The summed E-state index contributed by atoms with van der Waals surface area (Å²) >= 11 is 0. The highest BCUT2D eigenvalue weighted by Crippen LogP contribution is 2.33. The van der Waals surface area contributed by atoms with E-state index >= 15 is 0 Å². The summed E-state index contributed by atoms with van der Waals surface area (Å²) in [6.45, 7) is 3.19. The lowest BCUT2D eigenvalue weighted by molar-refractivity contribution is 0.0730. The largest absolute Gasteiger partial charge is 0.379 e. The van der Waals surface area contributed by atoms with Gasteiger partial charge in [0.2, 0.25) is 15.6 Å². The fraction of sp³-hybridized carbons (Fsp3) is 0.333. The molecule has 1 amide bonds. The van der Waals surface area contributed by atoms with Crippen LogP contribution in [0.4, 0.5) is 10.1 Å². The molecular weight excluding hydrogens is 461 g/mol. The lowest BCUT2D eigenvalue weighted by Crippen LogP contribution is -2.40. The van der Waals surface area contributed by atoms with E-state index in [4.69, 9.17) is 4.74 Å². The standard InChI is InChI=1S/C24H24FN3O5S/c1-15-11-16-3-2-6-28(23(16)20(25)12-15)24(30)19-14-22(29)26-21-5-4-17(13-18(19)21)34(31,32)27-7-9-33-10-8-27/h4-5,11-14H,2-3,6-10H2,1H3,(H,26,29). The van der Waals surface area contributed by atoms with Gasteiger partial charge in [0.1, 0.15) is 5.82 Å². The normalized spacial score (nSPS) is 17.1. The zero-order valence-corrected chi connectivity index (χ0v) is 19.5. The molecule has 0 bridgehead atoms. The number of pyridine rings is 1. The van der Waals surface area contributed by atoms with E-state index in [2.05, 4.69) is 4.98 Å². The number of benzene rings is 2. The van der Waals surface area contributed by atoms with Crippen molar-refractivity contribution < 1.29 is 22.3 Å². The number of hydrogen-bond acceptors (Lipinski definition) is 5. The maximum Gasteiger partial charge on any atom is 0.259 e. The molecule has 0 unspecified atom stereocenters. The molecule has 1 aromatic heterocycles. The van der Waals surface area contributed by atoms with Gasteiger partial charge in [0, 0.05) is 36.6 Å². The Morgan fingerprint density at radius 2 is 1.85 bits per heavy atom. The number of nitrogens with zero attached hydrogens (tertiary/aromatic N) is 2. The predicted octanol–water partition coefficient (Wildman–Crippen LogP) is 2.59. The summed E-state index contributed by atoms with van der Waals surface area (Å²) in [7, 11) is -3.81. The van der Waals surface area contributed by atoms with Crippen LogP contribution in [-0.4, -0.2) is 56.5 Å². The Kier molecular flexibility index (Phi) is 5.75. The Bertz CT molecular complexity index is 1460. The van der Waals surface area contributed by atoms with Gasteiger partial charge in [-0.3, -0.25) is 9.59 Å². The highest BCUT2D eigenvalue weighted by Gasteiger charge is 2.30. The number of anilines is 1. The quantitative estimate of drug-likeness (QED) is 0.615. The van der Waals surface area contributed by atoms with Crippen molar-refractivity contribution in [3.05, 3.63) is 69.3 Å². The van der Waals surface area contributed by atoms with Crippen molar-refractivity contribution in [2.75, 3.05) is 37.7 Å². The number of morpholine rings is 1. The van der Waals surface area contributed by atoms with E-state index in [1.165, 1.54) is 33.5 Å². The number of rotatable bonds is 3. The Labute approximate surface area is 196 Å². The second kappa shape index (κ2) is 8.61. The summed E-state index contributed by atoms with van der Waals surface area (Å²) in [5.41, 5.74) is 1.59. The van der Waals surface area contributed by atoms with Crippen LogP contribution in [0, 0.1) is 12.7 Å². The molecule has 3 heterocycles. The number of aromatic nitrogens is 1. The molecule has 0 radical (unpaired) electrons. The van der Waals surface area contributed by atoms with Gasteiger partial charge in [-0.05, 0) is 55.2 Å². The second-order valence-electron chi connectivity index (χ2n) is 8.59. The number of ether oxygens (including phenoxy) is 1. The molecule has 2 aromatic carbocycles. The molecule has 3 aromatic rings. The monoisotopic (exact) mass is 485 g/mol. The van der Waals surface area contributed by atoms with Gasteiger partial charge in [-0.15, -0.1) is 0 Å². The van der Waals surface area contributed by atoms with E-state index < -0.39 is 27.3 Å². The first kappa shape index (κ1) is 22.7. The molecule has 2 aliphatic rings. The van der Waals surface area contributed by atoms with Crippen molar-refractivity contribution in [3.8, 4) is 0 Å². The van der Waals surface area contributed by atoms with Crippen LogP contribution >= 0.6 is 0 Å². The second-order valence-corrected chi connectivity index (χ2v) is 10.5. The van der Waals surface area contributed by atoms with Crippen LogP contribution in [0.5, 0.6) is 0 Å². The summed E-state index contributed by atoms with van der Waals surface area (Å²) in [6.07, 6.45) is 1.30. The van der Waals surface area contributed by atoms with Gasteiger partial charge in [-0.2, -0.15) is 4.31 Å². The minimum atomic E-state index is -3.81. The number of halogens is 1. The number of aromatic amines is 1. The highest BCUT2D eigenvalue weighted by atomic mass is 32.2. The minimum absolute atomic E-state index is 0.0175. The fourth-order valence-corrected chi connectivity index (χ4v) is 6.13. The van der Waals surface area contributed by atoms with Crippen molar-refractivity contribution in [3.63, 3.8) is 0 Å². The molecule has 178 valence electrons. The molecule has 0 atom stereocenters. The summed E-state index contributed by atoms with van der Waals surface area (Å²) in [4.78, 5) is 30.0. The van der Waals surface area contributed by atoms with Crippen LogP contribution in [0.1, 0.15) is 27.9 Å². The van der Waals surface area contributed by atoms with Crippen LogP contribution < -0.4 is 10.5 Å². The van der Waals surface area contributed by atoms with Gasteiger partial charge >= 0.3 is 0 Å². The highest BCUT2D eigenvalue weighted by molar-refractivity contribution is 7.89. The molecule has 1 saturated heterocycles. The van der Waals surface area contributed by atoms with Crippen molar-refractivity contribution >= 4 is 32.5 Å². The molecule has 34 heavy (non-hydrogen) atoms. The van der Waals surface area contributed by atoms with Crippen molar-refractivity contribution in [2.45, 2.75) is 24.7 Å². The Hall–Kier alpha value is -3.08. The SMILES string of the molecule is Cc1cc(F)c2c(c1)CCCN2C(=O)c1cc(=O)[nH]c2ccc(S(=O)(=O)N3CCOCC3)cc12. The van der Waals surface area contributed by atoms with Gasteiger partial charge in [0.05, 0.1) is 29.4 Å². The van der Waals surface area contributed by atoms with E-state index in [9.17, 15) is 22.4 Å². The number of sulfonamides is 1. The molecule has 1 N–H and O–H groups in total. The zero-order valence-electron chi connectivity index (χ0n) is 18.6. The number of amides is 1. The lowest BCUT2D eigenvalue weighted by atomic mass is 9.97. The summed E-state index contributed by atoms with van der Waals surface area (Å²) in [5, 5.41) is 0.290. The fourth-order valence-electron chi connectivity index (χ4n) is 4.69. The van der Waals surface area contributed by atoms with E-state index in [1.807, 2.05) is 6.07 Å². The summed E-state index contributed by atoms with van der Waals surface area (Å²) in [5.74, 6) is -1.03. The number of aryl methyl sites for hydroxylation is 2. The number of hydrogen-bond donors (Lipinski definition) is 1. The van der Waals surface area contributed by atoms with Crippen LogP contribution in [0.3, 0.4) is 0 Å². The molecule has 2 aliphatic heterocycles. The van der Waals surface area contributed by atoms with Crippen LogP contribution in [-0.2, 0) is 21.2 Å². The van der Waals surface area contributed by atoms with Crippen molar-refractivity contribution in [1.82, 2.24) is 9.29 Å². The lowest BCUT2D eigenvalue weighted by Gasteiger charge is -2.30. The van der Waals surface area contributed by atoms with Crippen LogP contribution in [0.25, 0.3) is 10.9 Å². The number of nitrogens with one attached hydrogen (secondary N) is 1. The molecule has 10 heteroatoms. The molecular formula is C24H24FN3O5S. The molecule has 0 saturated carbocycles. The maximum absolute atomic E-state index is 14.9. The molecule has 1 fully saturated rings. The van der Waals surface area contributed by atoms with Gasteiger partial charge in [-0.25, -0.2) is 12.8 Å². The first-order valence-corrected chi connectivity index (χ1v) is 12.6. The molecule has 0 aliphatic carbocycles. The zero-order chi connectivity index (χ0) is 24.0. The average molecular weight is 486 g/mol. The summed E-state index contributed by atoms with van der Waals surface area (Å²) in [6, 6.07) is 8.69. The minimum Gasteiger partial charge on any atom is -0.379 e. The third-order valence-corrected chi connectivity index (χ3v) is 8.18. The smallest absolute Gasteiger partial charge is 0.259 e. The van der Waals surface area contributed by atoms with E-state index in [0.717, 1.165) is 17.2 Å². The Balaban J connectivity index is 1.63. The van der Waals surface area contributed by atoms with E-state index in [-0.39, 0.29) is 29.2 Å². The number of carbonyl (C=O) groups excluding carboxylic acids is 1. The summed E-state index contributed by atoms with van der Waals surface area (Å²) < 4.78 is 47.9. The third-order valence-electron chi connectivity index (χ3n) is 6.28. The van der Waals surface area contributed by atoms with E-state index in [0.29, 0.717) is 43.5 Å². The molecule has 0 spiro atoms. The molecule has 8 nitrogen and oxygen atoms in total. The van der Waals surface area contributed by atoms with Gasteiger partial charge in [0.25, 0.3) is 5.91 Å². The maximum atomic E-state index is 14.9. The Morgan fingerprint density at radius 1 is 1.09 bits per heavy atom. The average Bonchev–Trinajstić information content (AvgIpc) is 2.82. The van der Waals surface area contributed by atoms with Crippen molar-refractivity contribution in [1.29, 1.82) is 0 Å². The van der Waals surface area contributed by atoms with Gasteiger partial charge in [-0.1, -0.05) is 6.07 Å². The number of carbonyl (C=O) groups is 1. The number of fused-ring (bicyclic) bond motifs is 2. The topological polar surface area (TPSA) is 99.8 Å². The van der Waals surface area contributed by atoms with Gasteiger partial charge in [0.15, 0.2) is 0 Å². The third kappa shape index (κ3) is 3.91. The van der Waals surface area contributed by atoms with Crippen LogP contribution in [0.2, 0.25) is 0 Å². The number of H-pyrrole nitrogens is 1. The van der Waals surface area contributed by atoms with Crippen LogP contribution in [0.15, 0.2) is 46.1 Å². The van der Waals surface area contributed by atoms with Gasteiger partial charge < -0.3 is 14.6 Å². The first-order chi connectivity index (χ1) is 16.3. The van der Waals surface area contributed by atoms with Crippen molar-refractivity contribution in [2.24, 2.45) is 0 Å².